The minimum atomic E-state index is -0.415. The number of carbonyl (C=O) groups excluding carboxylic acids is 1. The van der Waals surface area contributed by atoms with Crippen LogP contribution < -0.4 is 9.47 Å². The molecule has 1 spiro atoms. The zero-order chi connectivity index (χ0) is 28.2. The molecule has 1 aromatic carbocycles. The number of hydrogen-bond acceptors (Lipinski definition) is 8. The van der Waals surface area contributed by atoms with Crippen LogP contribution in [0.4, 0.5) is 0 Å². The van der Waals surface area contributed by atoms with E-state index in [1.165, 1.54) is 11.6 Å². The molecule has 1 aromatic rings. The number of epoxide rings is 2. The second-order valence-electron chi connectivity index (χ2n) is 11.4. The van der Waals surface area contributed by atoms with E-state index < -0.39 is 5.97 Å². The second kappa shape index (κ2) is 12.4. The van der Waals surface area contributed by atoms with E-state index in [0.717, 1.165) is 18.4 Å². The van der Waals surface area contributed by atoms with Crippen LogP contribution in [-0.2, 0) is 28.5 Å². The molecule has 2 unspecified atom stereocenters. The van der Waals surface area contributed by atoms with Gasteiger partial charge in [-0.05, 0) is 77.7 Å². The number of carbonyl (C=O) groups is 1. The molecule has 0 radical (unpaired) electrons. The monoisotopic (exact) mass is 544 g/mol. The summed E-state index contributed by atoms with van der Waals surface area (Å²) in [6.07, 6.45) is 7.29. The van der Waals surface area contributed by atoms with Gasteiger partial charge in [-0.15, -0.1) is 0 Å². The van der Waals surface area contributed by atoms with Crippen molar-refractivity contribution in [2.45, 2.75) is 89.5 Å². The lowest BCUT2D eigenvalue weighted by Gasteiger charge is -2.42. The zero-order valence-corrected chi connectivity index (χ0v) is 24.4. The molecule has 39 heavy (non-hydrogen) atoms. The number of esters is 1. The van der Waals surface area contributed by atoms with Crippen LogP contribution in [0, 0.1) is 5.92 Å². The molecule has 8 heteroatoms. The lowest BCUT2D eigenvalue weighted by atomic mass is 9.68. The third kappa shape index (κ3) is 7.04. The van der Waals surface area contributed by atoms with Gasteiger partial charge in [-0.25, -0.2) is 4.79 Å². The van der Waals surface area contributed by atoms with E-state index in [4.69, 9.17) is 33.2 Å². The van der Waals surface area contributed by atoms with Gasteiger partial charge in [-0.2, -0.15) is 0 Å². The summed E-state index contributed by atoms with van der Waals surface area (Å²) in [7, 11) is 3.26. The molecule has 0 N–H and O–H groups in total. The molecule has 8 nitrogen and oxygen atoms in total. The van der Waals surface area contributed by atoms with Gasteiger partial charge >= 0.3 is 5.97 Å². The van der Waals surface area contributed by atoms with Crippen molar-refractivity contribution in [3.8, 4) is 11.5 Å². The van der Waals surface area contributed by atoms with Crippen molar-refractivity contribution in [2.24, 2.45) is 5.92 Å². The maximum atomic E-state index is 12.9. The lowest BCUT2D eigenvalue weighted by molar-refractivity contribution is -0.166. The van der Waals surface area contributed by atoms with Gasteiger partial charge in [0.15, 0.2) is 11.5 Å². The maximum Gasteiger partial charge on any atom is 0.331 e. The average molecular weight is 545 g/mol. The van der Waals surface area contributed by atoms with Gasteiger partial charge in [0.2, 0.25) is 0 Å². The highest BCUT2D eigenvalue weighted by molar-refractivity contribution is 5.87. The number of allylic oxidation sites excluding steroid dienone is 1. The van der Waals surface area contributed by atoms with Gasteiger partial charge in [0.05, 0.1) is 38.4 Å². The molecule has 2 heterocycles. The maximum absolute atomic E-state index is 12.9. The molecule has 0 amide bonds. The van der Waals surface area contributed by atoms with E-state index in [0.29, 0.717) is 37.7 Å². The molecule has 216 valence electrons. The topological polar surface area (TPSA) is 88.3 Å². The summed E-state index contributed by atoms with van der Waals surface area (Å²) in [6.45, 7) is 11.9. The second-order valence-corrected chi connectivity index (χ2v) is 11.4. The average Bonchev–Trinajstić information content (AvgIpc) is 3.82. The lowest BCUT2D eigenvalue weighted by Crippen LogP contribution is -2.55. The van der Waals surface area contributed by atoms with Crippen LogP contribution in [0.15, 0.2) is 35.9 Å². The third-order valence-corrected chi connectivity index (χ3v) is 7.90. The fourth-order valence-electron chi connectivity index (χ4n) is 5.77. The van der Waals surface area contributed by atoms with Crippen LogP contribution in [0.5, 0.6) is 11.5 Å². The molecule has 1 saturated carbocycles. The summed E-state index contributed by atoms with van der Waals surface area (Å²) in [5.41, 5.74) is 1.44. The predicted octanol–water partition coefficient (Wildman–Crippen LogP) is 5.13. The van der Waals surface area contributed by atoms with Crippen LogP contribution in [0.2, 0.25) is 0 Å². The van der Waals surface area contributed by atoms with Crippen molar-refractivity contribution in [3.05, 3.63) is 41.5 Å². The molecule has 3 aliphatic rings. The Bertz CT molecular complexity index is 1050. The Morgan fingerprint density at radius 2 is 1.95 bits per heavy atom. The molecular weight excluding hydrogens is 500 g/mol. The fraction of sp³-hybridized carbons (Fsp3) is 0.645. The number of ether oxygens (including phenoxy) is 7. The minimum absolute atomic E-state index is 0.0103. The fourth-order valence-corrected chi connectivity index (χ4v) is 5.77. The standard InChI is InChI=1S/C31H44O8/c1-20(2)8-12-26-30(5,39-26)29-28(34-7)24(14-15-31(29)19-37-31)38-27(32)13-10-22-9-11-23(25(18-22)33-6)36-17-16-35-21(3)4/h8-11,13,18,21,24,26,28-29H,12,14-17,19H2,1-7H3/b13-10+/t24-,26+,28-,29?,30?,31+/m1/s1. The van der Waals surface area contributed by atoms with Crippen LogP contribution in [0.1, 0.15) is 59.4 Å². The van der Waals surface area contributed by atoms with E-state index in [1.807, 2.05) is 32.0 Å². The van der Waals surface area contributed by atoms with Crippen molar-refractivity contribution in [1.29, 1.82) is 0 Å². The van der Waals surface area contributed by atoms with E-state index in [1.54, 1.807) is 20.3 Å². The third-order valence-electron chi connectivity index (χ3n) is 7.90. The van der Waals surface area contributed by atoms with Crippen molar-refractivity contribution < 1.29 is 38.0 Å². The van der Waals surface area contributed by atoms with E-state index in [-0.39, 0.29) is 41.5 Å². The molecular formula is C31H44O8. The smallest absolute Gasteiger partial charge is 0.331 e. The molecule has 0 bridgehead atoms. The first kappa shape index (κ1) is 29.6. The summed E-state index contributed by atoms with van der Waals surface area (Å²) in [4.78, 5) is 12.9. The molecule has 2 saturated heterocycles. The summed E-state index contributed by atoms with van der Waals surface area (Å²) < 4.78 is 40.9. The minimum Gasteiger partial charge on any atom is -0.493 e. The van der Waals surface area contributed by atoms with Gasteiger partial charge in [0.25, 0.3) is 0 Å². The van der Waals surface area contributed by atoms with Gasteiger partial charge in [0.1, 0.15) is 30.0 Å². The Kier molecular flexibility index (Phi) is 9.42. The summed E-state index contributed by atoms with van der Waals surface area (Å²) in [5, 5.41) is 0. The predicted molar refractivity (Wildman–Crippen MR) is 148 cm³/mol. The molecule has 4 rings (SSSR count). The molecule has 0 aromatic heterocycles. The Morgan fingerprint density at radius 3 is 2.59 bits per heavy atom. The van der Waals surface area contributed by atoms with Crippen LogP contribution in [0.25, 0.3) is 6.08 Å². The van der Waals surface area contributed by atoms with Crippen LogP contribution in [-0.4, -0.2) is 75.6 Å². The molecule has 2 aliphatic heterocycles. The first-order valence-corrected chi connectivity index (χ1v) is 13.9. The zero-order valence-electron chi connectivity index (χ0n) is 24.4. The number of rotatable bonds is 13. The van der Waals surface area contributed by atoms with Crippen molar-refractivity contribution in [2.75, 3.05) is 34.0 Å². The number of hydrogen-bond donors (Lipinski definition) is 0. The Balaban J connectivity index is 1.38. The number of methoxy groups -OCH3 is 2. The number of benzene rings is 1. The SMILES string of the molecule is COc1cc(/C=C/C(=O)O[C@@H]2CC[C@]3(CO3)C(C3(C)O[C@H]3CC=C(C)C)[C@@H]2OC)ccc1OCCOC(C)C. The largest absolute Gasteiger partial charge is 0.493 e. The Labute approximate surface area is 232 Å². The first-order valence-electron chi connectivity index (χ1n) is 13.9. The first-order chi connectivity index (χ1) is 18.6. The van der Waals surface area contributed by atoms with E-state index >= 15 is 0 Å². The van der Waals surface area contributed by atoms with Gasteiger partial charge in [-0.3, -0.25) is 0 Å². The van der Waals surface area contributed by atoms with Crippen LogP contribution in [0.3, 0.4) is 0 Å². The Morgan fingerprint density at radius 1 is 1.18 bits per heavy atom. The highest BCUT2D eigenvalue weighted by Gasteiger charge is 2.72. The van der Waals surface area contributed by atoms with Crippen molar-refractivity contribution >= 4 is 12.0 Å². The van der Waals surface area contributed by atoms with E-state index in [9.17, 15) is 4.79 Å². The van der Waals surface area contributed by atoms with Crippen LogP contribution >= 0.6 is 0 Å². The highest BCUT2D eigenvalue weighted by Crippen LogP contribution is 2.59. The van der Waals surface area contributed by atoms with Crippen molar-refractivity contribution in [3.63, 3.8) is 0 Å². The molecule has 6 atom stereocenters. The quantitative estimate of drug-likeness (QED) is 0.111. The van der Waals surface area contributed by atoms with Gasteiger partial charge in [0, 0.05) is 13.2 Å². The normalized spacial score (nSPS) is 31.4. The molecule has 3 fully saturated rings. The summed E-state index contributed by atoms with van der Waals surface area (Å²) >= 11 is 0. The van der Waals surface area contributed by atoms with Gasteiger partial charge in [-0.1, -0.05) is 17.7 Å². The van der Waals surface area contributed by atoms with E-state index in [2.05, 4.69) is 26.8 Å². The van der Waals surface area contributed by atoms with Crippen molar-refractivity contribution in [1.82, 2.24) is 0 Å². The highest BCUT2D eigenvalue weighted by atomic mass is 16.6. The summed E-state index contributed by atoms with van der Waals surface area (Å²) in [6, 6.07) is 5.51. The Hall–Kier alpha value is -2.39. The molecule has 1 aliphatic carbocycles. The summed E-state index contributed by atoms with van der Waals surface area (Å²) in [5.74, 6) is 0.778. The van der Waals surface area contributed by atoms with Gasteiger partial charge < -0.3 is 33.2 Å².